The molecule has 0 saturated heterocycles. The van der Waals surface area contributed by atoms with Crippen molar-refractivity contribution in [2.24, 2.45) is 0 Å². The predicted molar refractivity (Wildman–Crippen MR) is 80.8 cm³/mol. The molecule has 1 nitrogen and oxygen atoms in total. The first-order valence-electron chi connectivity index (χ1n) is 7.11. The SMILES string of the molecule is CC.CC.CC.CCCCc1ccc(O)cc1. The average Bonchev–Trinajstić information content (AvgIpc) is 2.45. The molecule has 102 valence electrons. The maximum Gasteiger partial charge on any atom is 0.115 e. The zero-order valence-electron chi connectivity index (χ0n) is 12.9. The first kappa shape index (κ1) is 21.3. The van der Waals surface area contributed by atoms with E-state index in [1.54, 1.807) is 12.1 Å². The van der Waals surface area contributed by atoms with Crippen LogP contribution < -0.4 is 0 Å². The Hall–Kier alpha value is -0.980. The lowest BCUT2D eigenvalue weighted by Gasteiger charge is -1.98. The molecule has 1 heteroatoms. The minimum atomic E-state index is 0.352. The van der Waals surface area contributed by atoms with Crippen molar-refractivity contribution in [3.05, 3.63) is 29.8 Å². The normalized spacial score (nSPS) is 7.47. The summed E-state index contributed by atoms with van der Waals surface area (Å²) in [6, 6.07) is 7.44. The van der Waals surface area contributed by atoms with Gasteiger partial charge in [0.1, 0.15) is 5.75 Å². The van der Waals surface area contributed by atoms with Crippen molar-refractivity contribution in [1.29, 1.82) is 0 Å². The highest BCUT2D eigenvalue weighted by Gasteiger charge is 1.91. The Morgan fingerprint density at radius 1 is 0.824 bits per heavy atom. The van der Waals surface area contributed by atoms with Gasteiger partial charge in [0.2, 0.25) is 0 Å². The Bertz CT molecular complexity index is 201. The lowest BCUT2D eigenvalue weighted by molar-refractivity contribution is 0.475. The summed E-state index contributed by atoms with van der Waals surface area (Å²) in [6.45, 7) is 14.2. The molecule has 17 heavy (non-hydrogen) atoms. The number of hydrogen-bond donors (Lipinski definition) is 1. The van der Waals surface area contributed by atoms with Gasteiger partial charge in [-0.05, 0) is 30.5 Å². The quantitative estimate of drug-likeness (QED) is 0.706. The van der Waals surface area contributed by atoms with Crippen molar-refractivity contribution in [1.82, 2.24) is 0 Å². The van der Waals surface area contributed by atoms with E-state index >= 15 is 0 Å². The second kappa shape index (κ2) is 20.4. The Morgan fingerprint density at radius 2 is 1.24 bits per heavy atom. The average molecular weight is 240 g/mol. The Balaban J connectivity index is -0.000000285. The predicted octanol–water partition coefficient (Wildman–Crippen LogP) is 5.81. The molecule has 0 aliphatic rings. The largest absolute Gasteiger partial charge is 0.508 e. The molecule has 0 heterocycles. The number of aromatic hydroxyl groups is 1. The van der Waals surface area contributed by atoms with Crippen molar-refractivity contribution >= 4 is 0 Å². The molecule has 0 aromatic heterocycles. The number of hydrogen-bond acceptors (Lipinski definition) is 1. The molecule has 0 amide bonds. The fourth-order valence-corrected chi connectivity index (χ4v) is 1.04. The van der Waals surface area contributed by atoms with Crippen LogP contribution in [0.25, 0.3) is 0 Å². The molecule has 0 aliphatic carbocycles. The summed E-state index contributed by atoms with van der Waals surface area (Å²) < 4.78 is 0. The van der Waals surface area contributed by atoms with Gasteiger partial charge in [-0.2, -0.15) is 0 Å². The van der Waals surface area contributed by atoms with E-state index in [2.05, 4.69) is 6.92 Å². The van der Waals surface area contributed by atoms with Gasteiger partial charge in [0.25, 0.3) is 0 Å². The molecule has 0 fully saturated rings. The number of phenolic OH excluding ortho intramolecular Hbond substituents is 1. The highest BCUT2D eigenvalue weighted by atomic mass is 16.3. The van der Waals surface area contributed by atoms with Crippen LogP contribution in [0, 0.1) is 0 Å². The van der Waals surface area contributed by atoms with E-state index in [9.17, 15) is 0 Å². The van der Waals surface area contributed by atoms with Crippen LogP contribution >= 0.6 is 0 Å². The molecule has 0 saturated carbocycles. The van der Waals surface area contributed by atoms with E-state index in [1.807, 2.05) is 53.7 Å². The van der Waals surface area contributed by atoms with Crippen molar-refractivity contribution in [2.45, 2.75) is 67.7 Å². The summed E-state index contributed by atoms with van der Waals surface area (Å²) >= 11 is 0. The minimum Gasteiger partial charge on any atom is -0.508 e. The summed E-state index contributed by atoms with van der Waals surface area (Å²) in [6.07, 6.45) is 3.57. The number of benzene rings is 1. The second-order valence-electron chi connectivity index (χ2n) is 2.77. The van der Waals surface area contributed by atoms with Gasteiger partial charge in [0.05, 0.1) is 0 Å². The molecule has 0 atom stereocenters. The van der Waals surface area contributed by atoms with E-state index in [1.165, 1.54) is 18.4 Å². The molecule has 1 rings (SSSR count). The zero-order valence-corrected chi connectivity index (χ0v) is 12.9. The van der Waals surface area contributed by atoms with Gasteiger partial charge in [-0.1, -0.05) is 67.0 Å². The third kappa shape index (κ3) is 15.0. The molecular weight excluding hydrogens is 208 g/mol. The fraction of sp³-hybridized carbons (Fsp3) is 0.625. The van der Waals surface area contributed by atoms with Crippen LogP contribution in [0.2, 0.25) is 0 Å². The highest BCUT2D eigenvalue weighted by molar-refractivity contribution is 5.25. The monoisotopic (exact) mass is 240 g/mol. The number of unbranched alkanes of at least 4 members (excludes halogenated alkanes) is 1. The van der Waals surface area contributed by atoms with Crippen LogP contribution in [-0.2, 0) is 6.42 Å². The minimum absolute atomic E-state index is 0.352. The molecular formula is C16H32O. The van der Waals surface area contributed by atoms with Gasteiger partial charge in [-0.15, -0.1) is 0 Å². The fourth-order valence-electron chi connectivity index (χ4n) is 1.04. The third-order valence-electron chi connectivity index (χ3n) is 1.76. The molecule has 0 radical (unpaired) electrons. The lowest BCUT2D eigenvalue weighted by atomic mass is 10.1. The summed E-state index contributed by atoms with van der Waals surface area (Å²) in [7, 11) is 0. The van der Waals surface area contributed by atoms with Gasteiger partial charge >= 0.3 is 0 Å². The maximum absolute atomic E-state index is 8.98. The standard InChI is InChI=1S/C10H14O.3C2H6/c1-2-3-4-9-5-7-10(11)8-6-9;3*1-2/h5-8,11H,2-4H2,1H3;3*1-2H3. The molecule has 0 unspecified atom stereocenters. The topological polar surface area (TPSA) is 20.2 Å². The van der Waals surface area contributed by atoms with Gasteiger partial charge < -0.3 is 5.11 Å². The summed E-state index contributed by atoms with van der Waals surface area (Å²) in [5.41, 5.74) is 1.31. The first-order chi connectivity index (χ1) is 8.33. The van der Waals surface area contributed by atoms with Gasteiger partial charge in [-0.3, -0.25) is 0 Å². The van der Waals surface area contributed by atoms with Gasteiger partial charge in [0, 0.05) is 0 Å². The van der Waals surface area contributed by atoms with Crippen LogP contribution in [0.15, 0.2) is 24.3 Å². The number of aryl methyl sites for hydroxylation is 1. The van der Waals surface area contributed by atoms with Crippen LogP contribution in [0.4, 0.5) is 0 Å². The Kier molecular flexibility index (Phi) is 25.6. The van der Waals surface area contributed by atoms with Crippen molar-refractivity contribution < 1.29 is 5.11 Å². The molecule has 1 N–H and O–H groups in total. The van der Waals surface area contributed by atoms with E-state index < -0.39 is 0 Å². The number of rotatable bonds is 3. The highest BCUT2D eigenvalue weighted by Crippen LogP contribution is 2.11. The summed E-state index contributed by atoms with van der Waals surface area (Å²) in [4.78, 5) is 0. The van der Waals surface area contributed by atoms with Crippen LogP contribution in [0.1, 0.15) is 66.9 Å². The Labute approximate surface area is 109 Å². The van der Waals surface area contributed by atoms with E-state index in [0.717, 1.165) is 6.42 Å². The van der Waals surface area contributed by atoms with E-state index in [-0.39, 0.29) is 0 Å². The van der Waals surface area contributed by atoms with Crippen molar-refractivity contribution in [2.75, 3.05) is 0 Å². The van der Waals surface area contributed by atoms with E-state index in [4.69, 9.17) is 5.11 Å². The third-order valence-corrected chi connectivity index (χ3v) is 1.76. The van der Waals surface area contributed by atoms with Gasteiger partial charge in [-0.25, -0.2) is 0 Å². The van der Waals surface area contributed by atoms with Crippen LogP contribution in [0.3, 0.4) is 0 Å². The smallest absolute Gasteiger partial charge is 0.115 e. The zero-order chi connectivity index (χ0) is 14.1. The number of phenols is 1. The van der Waals surface area contributed by atoms with Gasteiger partial charge in [0.15, 0.2) is 0 Å². The second-order valence-corrected chi connectivity index (χ2v) is 2.77. The maximum atomic E-state index is 8.98. The van der Waals surface area contributed by atoms with E-state index in [0.29, 0.717) is 5.75 Å². The van der Waals surface area contributed by atoms with Crippen LogP contribution in [-0.4, -0.2) is 5.11 Å². The van der Waals surface area contributed by atoms with Crippen molar-refractivity contribution in [3.63, 3.8) is 0 Å². The molecule has 0 bridgehead atoms. The Morgan fingerprint density at radius 3 is 1.59 bits per heavy atom. The molecule has 0 aliphatic heterocycles. The van der Waals surface area contributed by atoms with Crippen molar-refractivity contribution in [3.8, 4) is 5.75 Å². The molecule has 0 spiro atoms. The first-order valence-corrected chi connectivity index (χ1v) is 7.11. The summed E-state index contributed by atoms with van der Waals surface area (Å²) in [5, 5.41) is 8.98. The van der Waals surface area contributed by atoms with Crippen LogP contribution in [0.5, 0.6) is 5.75 Å². The summed E-state index contributed by atoms with van der Waals surface area (Å²) in [5.74, 6) is 0.352. The molecule has 1 aromatic rings. The lowest BCUT2D eigenvalue weighted by Crippen LogP contribution is -1.82. The molecule has 1 aromatic carbocycles.